The van der Waals surface area contributed by atoms with Crippen molar-refractivity contribution in [3.8, 4) is 17.2 Å². The van der Waals surface area contributed by atoms with E-state index >= 15 is 0 Å². The Morgan fingerprint density at radius 2 is 1.34 bits per heavy atom. The van der Waals surface area contributed by atoms with Gasteiger partial charge in [0, 0.05) is 30.0 Å². The van der Waals surface area contributed by atoms with Crippen LogP contribution in [0.2, 0.25) is 0 Å². The monoisotopic (exact) mass is 575 g/mol. The lowest BCUT2D eigenvalue weighted by Crippen LogP contribution is -2.10. The maximum Gasteiger partial charge on any atom is 0.330 e. The van der Waals surface area contributed by atoms with Gasteiger partial charge in [-0.25, -0.2) is 9.59 Å². The molecule has 3 aromatic carbocycles. The van der Waals surface area contributed by atoms with Crippen molar-refractivity contribution in [1.29, 1.82) is 0 Å². The van der Waals surface area contributed by atoms with Gasteiger partial charge in [-0.1, -0.05) is 13.2 Å². The van der Waals surface area contributed by atoms with Gasteiger partial charge >= 0.3 is 11.9 Å². The highest BCUT2D eigenvalue weighted by Crippen LogP contribution is 2.35. The third kappa shape index (κ3) is 10.3. The van der Waals surface area contributed by atoms with E-state index in [4.69, 9.17) is 23.7 Å². The smallest absolute Gasteiger partial charge is 0.330 e. The van der Waals surface area contributed by atoms with Crippen LogP contribution in [0.25, 0.3) is 0 Å². The molecule has 0 saturated heterocycles. The van der Waals surface area contributed by atoms with Crippen molar-refractivity contribution >= 4 is 40.7 Å². The summed E-state index contributed by atoms with van der Waals surface area (Å²) < 4.78 is 26.3. The summed E-state index contributed by atoms with van der Waals surface area (Å²) >= 11 is 1.05. The van der Waals surface area contributed by atoms with E-state index in [9.17, 15) is 14.4 Å². The second-order valence-electron chi connectivity index (χ2n) is 8.02. The Morgan fingerprint density at radius 1 is 0.780 bits per heavy atom. The Labute approximate surface area is 242 Å². The van der Waals surface area contributed by atoms with E-state index in [1.54, 1.807) is 60.8 Å². The first-order chi connectivity index (χ1) is 19.9. The van der Waals surface area contributed by atoms with Crippen LogP contribution >= 0.6 is 11.8 Å². The lowest BCUT2D eigenvalue weighted by atomic mass is 10.2. The highest BCUT2D eigenvalue weighted by molar-refractivity contribution is 8.14. The fourth-order valence-electron chi connectivity index (χ4n) is 3.19. The van der Waals surface area contributed by atoms with Crippen molar-refractivity contribution in [3.63, 3.8) is 0 Å². The zero-order chi connectivity index (χ0) is 29.5. The minimum absolute atomic E-state index is 0.0977. The van der Waals surface area contributed by atoms with Gasteiger partial charge in [0.15, 0.2) is 0 Å². The highest BCUT2D eigenvalue weighted by Gasteiger charge is 2.13. The number of carbonyl (C=O) groups is 3. The van der Waals surface area contributed by atoms with Crippen molar-refractivity contribution in [2.24, 2.45) is 4.99 Å². The van der Waals surface area contributed by atoms with Crippen LogP contribution in [0.4, 0.5) is 5.69 Å². The van der Waals surface area contributed by atoms with Crippen LogP contribution in [0.5, 0.6) is 17.2 Å². The first kappa shape index (κ1) is 30.7. The van der Waals surface area contributed by atoms with Gasteiger partial charge < -0.3 is 23.7 Å². The molecule has 0 N–H and O–H groups in total. The summed E-state index contributed by atoms with van der Waals surface area (Å²) in [5, 5.41) is -0.160. The van der Waals surface area contributed by atoms with Crippen molar-refractivity contribution in [2.45, 2.75) is 4.90 Å². The van der Waals surface area contributed by atoms with Gasteiger partial charge in [0.1, 0.15) is 43.7 Å². The Balaban J connectivity index is 1.53. The first-order valence-electron chi connectivity index (χ1n) is 12.4. The molecular weight excluding hydrogens is 546 g/mol. The van der Waals surface area contributed by atoms with Crippen LogP contribution in [-0.2, 0) is 19.1 Å². The van der Waals surface area contributed by atoms with E-state index in [1.807, 2.05) is 12.1 Å². The van der Waals surface area contributed by atoms with Crippen LogP contribution in [-0.4, -0.2) is 56.8 Å². The number of aliphatic imine (C=N–C) groups is 1. The molecule has 212 valence electrons. The Hall–Kier alpha value is -4.83. The largest absolute Gasteiger partial charge is 0.495 e. The number of thioether (sulfide) groups is 1. The molecule has 0 bridgehead atoms. The highest BCUT2D eigenvalue weighted by atomic mass is 32.2. The summed E-state index contributed by atoms with van der Waals surface area (Å²) in [4.78, 5) is 40.1. The molecule has 0 fully saturated rings. The number of rotatable bonds is 15. The summed E-state index contributed by atoms with van der Waals surface area (Å²) in [6.45, 7) is 7.31. The van der Waals surface area contributed by atoms with Crippen LogP contribution in [0.1, 0.15) is 15.9 Å². The van der Waals surface area contributed by atoms with Gasteiger partial charge in [-0.05, 0) is 78.0 Å². The van der Waals surface area contributed by atoms with Crippen molar-refractivity contribution in [1.82, 2.24) is 0 Å². The van der Waals surface area contributed by atoms with Crippen molar-refractivity contribution in [3.05, 3.63) is 103 Å². The molecule has 0 aromatic heterocycles. The molecule has 3 rings (SSSR count). The second kappa shape index (κ2) is 16.3. The molecule has 3 aromatic rings. The van der Waals surface area contributed by atoms with Gasteiger partial charge in [0.05, 0.1) is 17.7 Å². The fraction of sp³-hybridized carbons (Fsp3) is 0.161. The summed E-state index contributed by atoms with van der Waals surface area (Å²) in [5.41, 5.74) is 2.01. The minimum Gasteiger partial charge on any atom is -0.495 e. The van der Waals surface area contributed by atoms with Gasteiger partial charge in [-0.2, -0.15) is 0 Å². The summed E-state index contributed by atoms with van der Waals surface area (Å²) in [7, 11) is 1.53. The SMILES string of the molecule is C=CC(=O)OCCOc1ccc(/C=N/c2ccc(SC(=O)c3ccc(OCCOC(=O)C=C)cc3)c(OC)c2)cc1. The van der Waals surface area contributed by atoms with Crippen LogP contribution in [0.15, 0.2) is 102 Å². The minimum atomic E-state index is -0.512. The zero-order valence-electron chi connectivity index (χ0n) is 22.4. The number of hydrogen-bond acceptors (Lipinski definition) is 10. The third-order valence-corrected chi connectivity index (χ3v) is 6.19. The molecule has 0 amide bonds. The molecule has 0 aliphatic carbocycles. The summed E-state index contributed by atoms with van der Waals surface area (Å²) in [6.07, 6.45) is 3.89. The third-order valence-electron chi connectivity index (χ3n) is 5.21. The number of methoxy groups -OCH3 is 1. The fourth-order valence-corrected chi connectivity index (χ4v) is 4.02. The van der Waals surface area contributed by atoms with E-state index in [0.717, 1.165) is 29.5 Å². The average molecular weight is 576 g/mol. The lowest BCUT2D eigenvalue weighted by molar-refractivity contribution is -0.139. The molecule has 0 aliphatic rings. The molecule has 0 unspecified atom stereocenters. The molecule has 0 aliphatic heterocycles. The molecule has 0 heterocycles. The van der Waals surface area contributed by atoms with Gasteiger partial charge in [0.25, 0.3) is 0 Å². The van der Waals surface area contributed by atoms with E-state index in [1.165, 1.54) is 7.11 Å². The quantitative estimate of drug-likeness (QED) is 0.0752. The molecule has 41 heavy (non-hydrogen) atoms. The molecular formula is C31H29NO8S. The number of esters is 2. The molecule has 0 spiro atoms. The maximum atomic E-state index is 12.8. The molecule has 0 saturated carbocycles. The van der Waals surface area contributed by atoms with E-state index in [0.29, 0.717) is 33.4 Å². The Morgan fingerprint density at radius 3 is 1.88 bits per heavy atom. The predicted molar refractivity (Wildman–Crippen MR) is 157 cm³/mol. The maximum absolute atomic E-state index is 12.8. The summed E-state index contributed by atoms with van der Waals surface area (Å²) in [6, 6.07) is 19.3. The number of benzene rings is 3. The van der Waals surface area contributed by atoms with Crippen LogP contribution in [0.3, 0.4) is 0 Å². The topological polar surface area (TPSA) is 110 Å². The molecule has 0 atom stereocenters. The first-order valence-corrected chi connectivity index (χ1v) is 13.2. The average Bonchev–Trinajstić information content (AvgIpc) is 3.01. The van der Waals surface area contributed by atoms with Crippen molar-refractivity contribution in [2.75, 3.05) is 33.5 Å². The van der Waals surface area contributed by atoms with Gasteiger partial charge in [-0.3, -0.25) is 9.79 Å². The summed E-state index contributed by atoms with van der Waals surface area (Å²) in [5.74, 6) is 0.707. The number of hydrogen-bond donors (Lipinski definition) is 0. The number of ether oxygens (including phenoxy) is 5. The van der Waals surface area contributed by atoms with Crippen LogP contribution < -0.4 is 14.2 Å². The van der Waals surface area contributed by atoms with E-state index in [-0.39, 0.29) is 31.5 Å². The Kier molecular flexibility index (Phi) is 12.2. The van der Waals surface area contributed by atoms with Crippen molar-refractivity contribution < 1.29 is 38.1 Å². The molecule has 0 radical (unpaired) electrons. The predicted octanol–water partition coefficient (Wildman–Crippen LogP) is 5.59. The van der Waals surface area contributed by atoms with Crippen LogP contribution in [0, 0.1) is 0 Å². The molecule has 9 nitrogen and oxygen atoms in total. The number of nitrogens with zero attached hydrogens (tertiary/aromatic N) is 1. The standard InChI is InChI=1S/C31H29NO8S/c1-4-29(33)39-18-16-37-25-11-6-22(7-12-25)21-32-24-10-15-28(27(20-24)36-3)41-31(35)23-8-13-26(14-9-23)38-17-19-40-30(34)5-2/h4-15,20-21H,1-2,16-19H2,3H3/b32-21+. The number of carbonyl (C=O) groups excluding carboxylic acids is 3. The lowest BCUT2D eigenvalue weighted by Gasteiger charge is -2.09. The van der Waals surface area contributed by atoms with E-state index in [2.05, 4.69) is 18.2 Å². The normalized spacial score (nSPS) is 10.5. The van der Waals surface area contributed by atoms with Gasteiger partial charge in [-0.15, -0.1) is 0 Å². The second-order valence-corrected chi connectivity index (χ2v) is 9.03. The molecule has 10 heteroatoms. The zero-order valence-corrected chi connectivity index (χ0v) is 23.3. The van der Waals surface area contributed by atoms with E-state index < -0.39 is 11.9 Å². The Bertz CT molecular complexity index is 1380. The van der Waals surface area contributed by atoms with Gasteiger partial charge in [0.2, 0.25) is 5.12 Å².